The Labute approximate surface area is 127 Å². The molecular formula is C17H27NO3. The molecule has 0 amide bonds. The van der Waals surface area contributed by atoms with Crippen LogP contribution in [-0.2, 0) is 0 Å². The van der Waals surface area contributed by atoms with Gasteiger partial charge in [0.15, 0.2) is 0 Å². The first kappa shape index (κ1) is 16.1. The second-order valence-corrected chi connectivity index (χ2v) is 6.09. The molecule has 0 aliphatic heterocycles. The maximum atomic E-state index is 11.0. The van der Waals surface area contributed by atoms with Gasteiger partial charge in [0.05, 0.1) is 20.3 Å². The van der Waals surface area contributed by atoms with Gasteiger partial charge in [0.1, 0.15) is 11.5 Å². The summed E-state index contributed by atoms with van der Waals surface area (Å²) < 4.78 is 10.7. The van der Waals surface area contributed by atoms with Crippen LogP contribution in [0, 0.1) is 11.3 Å². The van der Waals surface area contributed by atoms with Crippen LogP contribution in [0.3, 0.4) is 0 Å². The lowest BCUT2D eigenvalue weighted by atomic mass is 9.76. The summed E-state index contributed by atoms with van der Waals surface area (Å²) >= 11 is 0. The first-order chi connectivity index (χ1) is 10.1. The molecule has 2 rings (SSSR count). The van der Waals surface area contributed by atoms with Gasteiger partial charge in [-0.1, -0.05) is 13.3 Å². The van der Waals surface area contributed by atoms with Crippen LogP contribution in [0.15, 0.2) is 18.2 Å². The average Bonchev–Trinajstić information content (AvgIpc) is 2.98. The normalized spacial score (nSPS) is 26.6. The van der Waals surface area contributed by atoms with Crippen LogP contribution in [0.2, 0.25) is 0 Å². The second-order valence-electron chi connectivity index (χ2n) is 6.09. The molecule has 0 spiro atoms. The predicted molar refractivity (Wildman–Crippen MR) is 83.6 cm³/mol. The molecule has 4 heteroatoms. The minimum atomic E-state index is -0.621. The van der Waals surface area contributed by atoms with Crippen LogP contribution in [0.5, 0.6) is 11.5 Å². The Balaban J connectivity index is 2.35. The highest BCUT2D eigenvalue weighted by Gasteiger charge is 2.44. The zero-order valence-electron chi connectivity index (χ0n) is 13.3. The number of aliphatic hydroxyl groups excluding tert-OH is 1. The van der Waals surface area contributed by atoms with Gasteiger partial charge in [-0.15, -0.1) is 0 Å². The number of hydrogen-bond donors (Lipinski definition) is 2. The average molecular weight is 293 g/mol. The van der Waals surface area contributed by atoms with Crippen LogP contribution < -0.4 is 15.2 Å². The predicted octanol–water partition coefficient (Wildman–Crippen LogP) is 2.89. The number of aliphatic hydroxyl groups is 1. The van der Waals surface area contributed by atoms with Crippen molar-refractivity contribution in [1.29, 1.82) is 0 Å². The second kappa shape index (κ2) is 6.67. The van der Waals surface area contributed by atoms with Crippen molar-refractivity contribution in [3.63, 3.8) is 0 Å². The maximum Gasteiger partial charge on any atom is 0.124 e. The minimum absolute atomic E-state index is 0.250. The number of nitrogens with two attached hydrogens (primary N) is 1. The highest BCUT2D eigenvalue weighted by molar-refractivity contribution is 5.42. The number of benzene rings is 1. The molecule has 4 nitrogen and oxygen atoms in total. The Hall–Kier alpha value is -1.26. The van der Waals surface area contributed by atoms with E-state index in [1.165, 1.54) is 0 Å². The monoisotopic (exact) mass is 293 g/mol. The molecule has 1 aromatic carbocycles. The molecule has 0 saturated heterocycles. The van der Waals surface area contributed by atoms with Gasteiger partial charge in [0.2, 0.25) is 0 Å². The summed E-state index contributed by atoms with van der Waals surface area (Å²) in [6.07, 6.45) is 3.59. The molecule has 118 valence electrons. The lowest BCUT2D eigenvalue weighted by molar-refractivity contribution is 0.0282. The third kappa shape index (κ3) is 3.01. The van der Waals surface area contributed by atoms with E-state index in [0.717, 1.165) is 37.0 Å². The molecule has 1 saturated carbocycles. The molecule has 1 aliphatic rings. The van der Waals surface area contributed by atoms with Gasteiger partial charge in [-0.3, -0.25) is 0 Å². The van der Waals surface area contributed by atoms with Gasteiger partial charge in [-0.2, -0.15) is 0 Å². The standard InChI is InChI=1S/C17H27NO3/c1-4-12-7-8-17(10-12,11-18)16(19)14-9-13(20-2)5-6-15(14)21-3/h5-6,9,12,16,19H,4,7-8,10-11,18H2,1-3H3. The molecule has 21 heavy (non-hydrogen) atoms. The van der Waals surface area contributed by atoms with Gasteiger partial charge >= 0.3 is 0 Å². The summed E-state index contributed by atoms with van der Waals surface area (Å²) in [4.78, 5) is 0. The molecule has 0 bridgehead atoms. The van der Waals surface area contributed by atoms with Crippen molar-refractivity contribution in [3.05, 3.63) is 23.8 Å². The molecule has 1 aliphatic carbocycles. The van der Waals surface area contributed by atoms with Crippen LogP contribution in [0.4, 0.5) is 0 Å². The molecule has 0 heterocycles. The Bertz CT molecular complexity index is 477. The van der Waals surface area contributed by atoms with Crippen molar-refractivity contribution in [2.75, 3.05) is 20.8 Å². The van der Waals surface area contributed by atoms with E-state index in [2.05, 4.69) is 6.92 Å². The molecule has 3 N–H and O–H groups in total. The summed E-state index contributed by atoms with van der Waals surface area (Å²) in [6, 6.07) is 5.54. The molecule has 0 radical (unpaired) electrons. The zero-order valence-corrected chi connectivity index (χ0v) is 13.3. The molecule has 3 unspecified atom stereocenters. The van der Waals surface area contributed by atoms with Gasteiger partial charge in [0, 0.05) is 17.5 Å². The van der Waals surface area contributed by atoms with E-state index in [1.54, 1.807) is 14.2 Å². The quantitative estimate of drug-likeness (QED) is 0.846. The summed E-state index contributed by atoms with van der Waals surface area (Å²) in [6.45, 7) is 2.70. The van der Waals surface area contributed by atoms with E-state index in [4.69, 9.17) is 15.2 Å². The van der Waals surface area contributed by atoms with Crippen molar-refractivity contribution >= 4 is 0 Å². The lowest BCUT2D eigenvalue weighted by Gasteiger charge is -2.34. The molecule has 1 aromatic rings. The van der Waals surface area contributed by atoms with Gasteiger partial charge in [-0.05, 0) is 43.4 Å². The van der Waals surface area contributed by atoms with E-state index < -0.39 is 6.10 Å². The third-order valence-corrected chi connectivity index (χ3v) is 5.04. The zero-order chi connectivity index (χ0) is 15.5. The van der Waals surface area contributed by atoms with Gasteiger partial charge in [-0.25, -0.2) is 0 Å². The first-order valence-electron chi connectivity index (χ1n) is 7.70. The molecular weight excluding hydrogens is 266 g/mol. The van der Waals surface area contributed by atoms with Crippen LogP contribution in [0.1, 0.15) is 44.3 Å². The van der Waals surface area contributed by atoms with E-state index in [9.17, 15) is 5.11 Å². The Morgan fingerprint density at radius 1 is 1.38 bits per heavy atom. The Morgan fingerprint density at radius 2 is 2.14 bits per heavy atom. The fourth-order valence-electron chi connectivity index (χ4n) is 3.55. The summed E-state index contributed by atoms with van der Waals surface area (Å²) in [7, 11) is 3.25. The number of hydrogen-bond acceptors (Lipinski definition) is 4. The van der Waals surface area contributed by atoms with Crippen molar-refractivity contribution < 1.29 is 14.6 Å². The summed E-state index contributed by atoms with van der Waals surface area (Å²) in [5.74, 6) is 2.07. The van der Waals surface area contributed by atoms with E-state index in [0.29, 0.717) is 18.2 Å². The van der Waals surface area contributed by atoms with Crippen LogP contribution in [-0.4, -0.2) is 25.9 Å². The number of ether oxygens (including phenoxy) is 2. The maximum absolute atomic E-state index is 11.0. The van der Waals surface area contributed by atoms with Crippen molar-refractivity contribution in [3.8, 4) is 11.5 Å². The lowest BCUT2D eigenvalue weighted by Crippen LogP contribution is -2.34. The van der Waals surface area contributed by atoms with Crippen LogP contribution >= 0.6 is 0 Å². The highest BCUT2D eigenvalue weighted by Crippen LogP contribution is 2.51. The van der Waals surface area contributed by atoms with Crippen molar-refractivity contribution in [2.45, 2.75) is 38.7 Å². The van der Waals surface area contributed by atoms with Crippen molar-refractivity contribution in [2.24, 2.45) is 17.1 Å². The van der Waals surface area contributed by atoms with Crippen LogP contribution in [0.25, 0.3) is 0 Å². The first-order valence-corrected chi connectivity index (χ1v) is 7.70. The molecule has 3 atom stereocenters. The van der Waals surface area contributed by atoms with E-state index in [1.807, 2.05) is 18.2 Å². The van der Waals surface area contributed by atoms with Gasteiger partial charge < -0.3 is 20.3 Å². The molecule has 0 aromatic heterocycles. The SMILES string of the molecule is CCC1CCC(CN)(C(O)c2cc(OC)ccc2OC)C1. The Kier molecular flexibility index (Phi) is 5.12. The molecule has 1 fully saturated rings. The number of rotatable bonds is 6. The van der Waals surface area contributed by atoms with Gasteiger partial charge in [0.25, 0.3) is 0 Å². The fraction of sp³-hybridized carbons (Fsp3) is 0.647. The van der Waals surface area contributed by atoms with Crippen molar-refractivity contribution in [1.82, 2.24) is 0 Å². The summed E-state index contributed by atoms with van der Waals surface area (Å²) in [5.41, 5.74) is 6.58. The topological polar surface area (TPSA) is 64.7 Å². The fourth-order valence-corrected chi connectivity index (χ4v) is 3.55. The Morgan fingerprint density at radius 3 is 2.67 bits per heavy atom. The largest absolute Gasteiger partial charge is 0.497 e. The van der Waals surface area contributed by atoms with E-state index in [-0.39, 0.29) is 5.41 Å². The smallest absolute Gasteiger partial charge is 0.124 e. The van der Waals surface area contributed by atoms with E-state index >= 15 is 0 Å². The highest BCUT2D eigenvalue weighted by atomic mass is 16.5. The number of methoxy groups -OCH3 is 2. The minimum Gasteiger partial charge on any atom is -0.497 e. The summed E-state index contributed by atoms with van der Waals surface area (Å²) in [5, 5.41) is 11.0. The third-order valence-electron chi connectivity index (χ3n) is 5.04.